The first kappa shape index (κ1) is 23.8. The number of nitrogens with zero attached hydrogens (tertiary/aromatic N) is 2. The number of halogens is 1. The lowest BCUT2D eigenvalue weighted by atomic mass is 9.92. The highest BCUT2D eigenvalue weighted by atomic mass is 35.5. The summed E-state index contributed by atoms with van der Waals surface area (Å²) in [5.41, 5.74) is 3.22. The van der Waals surface area contributed by atoms with Crippen molar-refractivity contribution in [3.05, 3.63) is 64.2 Å². The van der Waals surface area contributed by atoms with Crippen LogP contribution in [-0.2, 0) is 5.54 Å². The van der Waals surface area contributed by atoms with Gasteiger partial charge in [-0.05, 0) is 75.4 Å². The molecule has 0 atom stereocenters. The van der Waals surface area contributed by atoms with Crippen LogP contribution in [0.2, 0.25) is 5.02 Å². The van der Waals surface area contributed by atoms with Gasteiger partial charge in [0.2, 0.25) is 0 Å². The summed E-state index contributed by atoms with van der Waals surface area (Å²) in [5.74, 6) is -0.0936. The minimum Gasteiger partial charge on any atom is -0.339 e. The van der Waals surface area contributed by atoms with E-state index in [9.17, 15) is 9.59 Å². The van der Waals surface area contributed by atoms with Crippen molar-refractivity contribution >= 4 is 34.9 Å². The molecule has 1 aliphatic rings. The summed E-state index contributed by atoms with van der Waals surface area (Å²) >= 11 is 6.30. The van der Waals surface area contributed by atoms with Crippen LogP contribution in [0, 0.1) is 0 Å². The molecule has 7 heteroatoms. The van der Waals surface area contributed by atoms with Crippen LogP contribution in [0.25, 0.3) is 0 Å². The van der Waals surface area contributed by atoms with Gasteiger partial charge in [0.25, 0.3) is 5.91 Å². The molecule has 0 aromatic heterocycles. The Balaban J connectivity index is 1.72. The van der Waals surface area contributed by atoms with Gasteiger partial charge in [0, 0.05) is 31.5 Å². The highest BCUT2D eigenvalue weighted by molar-refractivity contribution is 6.34. The fourth-order valence-corrected chi connectivity index (χ4v) is 4.01. The van der Waals surface area contributed by atoms with Crippen LogP contribution in [0.3, 0.4) is 0 Å². The summed E-state index contributed by atoms with van der Waals surface area (Å²) in [6.07, 6.45) is 3.15. The van der Waals surface area contributed by atoms with E-state index in [1.165, 1.54) is 0 Å². The summed E-state index contributed by atoms with van der Waals surface area (Å²) in [6.45, 7) is 7.32. The van der Waals surface area contributed by atoms with Crippen LogP contribution < -0.4 is 10.6 Å². The molecule has 3 amide bonds. The molecule has 0 spiro atoms. The van der Waals surface area contributed by atoms with Gasteiger partial charge in [0.05, 0.1) is 16.1 Å². The smallest absolute Gasteiger partial charge is 0.319 e. The molecule has 1 fully saturated rings. The molecule has 1 saturated heterocycles. The van der Waals surface area contributed by atoms with Crippen LogP contribution in [0.15, 0.2) is 47.5 Å². The molecule has 1 aliphatic heterocycles. The van der Waals surface area contributed by atoms with E-state index in [0.29, 0.717) is 16.3 Å². The summed E-state index contributed by atoms with van der Waals surface area (Å²) in [5, 5.41) is 6.24. The molecule has 1 heterocycles. The number of anilines is 1. The van der Waals surface area contributed by atoms with Gasteiger partial charge in [0.15, 0.2) is 0 Å². The molecule has 2 N–H and O–H groups in total. The van der Waals surface area contributed by atoms with Crippen LogP contribution in [0.4, 0.5) is 10.5 Å². The van der Waals surface area contributed by atoms with Gasteiger partial charge in [-0.3, -0.25) is 9.79 Å². The maximum absolute atomic E-state index is 12.9. The van der Waals surface area contributed by atoms with Gasteiger partial charge in [0.1, 0.15) is 0 Å². The molecule has 0 aliphatic carbocycles. The van der Waals surface area contributed by atoms with Crippen molar-refractivity contribution < 1.29 is 9.59 Å². The van der Waals surface area contributed by atoms with E-state index >= 15 is 0 Å². The lowest BCUT2D eigenvalue weighted by Crippen LogP contribution is -2.43. The fraction of sp³-hybridized carbons (Fsp3) is 0.400. The topological polar surface area (TPSA) is 73.8 Å². The minimum absolute atomic E-state index is 0.0936. The molecule has 6 nitrogen and oxygen atoms in total. The first-order chi connectivity index (χ1) is 15.2. The molecule has 0 bridgehead atoms. The van der Waals surface area contributed by atoms with E-state index in [1.807, 2.05) is 49.9 Å². The predicted octanol–water partition coefficient (Wildman–Crippen LogP) is 5.46. The number of rotatable bonds is 5. The molecule has 32 heavy (non-hydrogen) atoms. The number of amides is 3. The Labute approximate surface area is 195 Å². The van der Waals surface area contributed by atoms with E-state index < -0.39 is 5.54 Å². The third kappa shape index (κ3) is 5.68. The van der Waals surface area contributed by atoms with Gasteiger partial charge in [-0.15, -0.1) is 0 Å². The van der Waals surface area contributed by atoms with Gasteiger partial charge in [-0.25, -0.2) is 4.79 Å². The number of nitrogens with one attached hydrogen (secondary N) is 2. The van der Waals surface area contributed by atoms with E-state index in [1.54, 1.807) is 25.2 Å². The Morgan fingerprint density at radius 2 is 1.78 bits per heavy atom. The highest BCUT2D eigenvalue weighted by Crippen LogP contribution is 2.25. The summed E-state index contributed by atoms with van der Waals surface area (Å²) < 4.78 is 0. The Morgan fingerprint density at radius 1 is 1.06 bits per heavy atom. The first-order valence-corrected chi connectivity index (χ1v) is 11.3. The fourth-order valence-electron chi connectivity index (χ4n) is 3.81. The average molecular weight is 455 g/mol. The third-order valence-electron chi connectivity index (χ3n) is 5.86. The molecule has 170 valence electrons. The molecule has 3 rings (SSSR count). The maximum Gasteiger partial charge on any atom is 0.319 e. The maximum atomic E-state index is 12.9. The first-order valence-electron chi connectivity index (χ1n) is 10.9. The zero-order valence-corrected chi connectivity index (χ0v) is 19.9. The summed E-state index contributed by atoms with van der Waals surface area (Å²) in [7, 11) is 1.76. The number of urea groups is 1. The van der Waals surface area contributed by atoms with Crippen molar-refractivity contribution in [2.24, 2.45) is 4.99 Å². The zero-order chi connectivity index (χ0) is 23.3. The molecule has 0 radical (unpaired) electrons. The lowest BCUT2D eigenvalue weighted by Gasteiger charge is -2.28. The van der Waals surface area contributed by atoms with E-state index in [0.717, 1.165) is 49.2 Å². The van der Waals surface area contributed by atoms with Crippen LogP contribution in [0.1, 0.15) is 61.5 Å². The second-order valence-corrected chi connectivity index (χ2v) is 9.05. The number of hydrogen-bond donors (Lipinski definition) is 2. The van der Waals surface area contributed by atoms with Gasteiger partial charge < -0.3 is 15.5 Å². The number of piperidine rings is 1. The Hall–Kier alpha value is -2.86. The second-order valence-electron chi connectivity index (χ2n) is 8.64. The Kier molecular flexibility index (Phi) is 7.56. The van der Waals surface area contributed by atoms with Crippen LogP contribution >= 0.6 is 11.6 Å². The average Bonchev–Trinajstić information content (AvgIpc) is 2.79. The van der Waals surface area contributed by atoms with Gasteiger partial charge in [-0.2, -0.15) is 0 Å². The number of aliphatic imine (C=N–C) groups is 1. The molecule has 0 saturated carbocycles. The normalized spacial score (nSPS) is 14.8. The van der Waals surface area contributed by atoms with Gasteiger partial charge >= 0.3 is 6.03 Å². The van der Waals surface area contributed by atoms with Crippen molar-refractivity contribution in [1.29, 1.82) is 0 Å². The predicted molar refractivity (Wildman–Crippen MR) is 131 cm³/mol. The summed E-state index contributed by atoms with van der Waals surface area (Å²) in [6, 6.07) is 12.6. The van der Waals surface area contributed by atoms with Crippen molar-refractivity contribution in [3.63, 3.8) is 0 Å². The van der Waals surface area contributed by atoms with E-state index in [4.69, 9.17) is 11.6 Å². The van der Waals surface area contributed by atoms with Crippen LogP contribution in [0.5, 0.6) is 0 Å². The lowest BCUT2D eigenvalue weighted by molar-refractivity contribution is 0.0724. The van der Waals surface area contributed by atoms with Crippen molar-refractivity contribution in [3.8, 4) is 0 Å². The van der Waals surface area contributed by atoms with E-state index in [-0.39, 0.29) is 11.9 Å². The minimum atomic E-state index is -0.618. The number of carbonyl (C=O) groups excluding carboxylic acids is 2. The van der Waals surface area contributed by atoms with E-state index in [2.05, 4.69) is 15.6 Å². The summed E-state index contributed by atoms with van der Waals surface area (Å²) in [4.78, 5) is 31.7. The third-order valence-corrected chi connectivity index (χ3v) is 6.19. The standard InChI is InChI=1S/C25H31ClN4O2/c1-17(27-4)18-9-8-10-19(15-18)25(2,3)29-24(32)28-20-11-12-22(26)21(16-20)23(31)30-13-6-5-7-14-30/h8-12,15-16H,5-7,13-14H2,1-4H3,(H2,28,29,32)/b27-17+. The Bertz CT molecular complexity index is 1030. The number of benzene rings is 2. The number of carbonyl (C=O) groups is 2. The molecule has 2 aromatic carbocycles. The van der Waals surface area contributed by atoms with Crippen LogP contribution in [-0.4, -0.2) is 42.7 Å². The quantitative estimate of drug-likeness (QED) is 0.588. The second kappa shape index (κ2) is 10.2. The Morgan fingerprint density at radius 3 is 2.47 bits per heavy atom. The molecule has 2 aromatic rings. The molecule has 0 unspecified atom stereocenters. The molecular formula is C25H31ClN4O2. The highest BCUT2D eigenvalue weighted by Gasteiger charge is 2.24. The van der Waals surface area contributed by atoms with Crippen molar-refractivity contribution in [1.82, 2.24) is 10.2 Å². The monoisotopic (exact) mass is 454 g/mol. The SMILES string of the molecule is C/N=C(\C)c1cccc(C(C)(C)NC(=O)Nc2ccc(Cl)c(C(=O)N3CCCCC3)c2)c1. The van der Waals surface area contributed by atoms with Gasteiger partial charge in [-0.1, -0.05) is 29.8 Å². The molecular weight excluding hydrogens is 424 g/mol. The largest absolute Gasteiger partial charge is 0.339 e. The van der Waals surface area contributed by atoms with Crippen molar-refractivity contribution in [2.75, 3.05) is 25.5 Å². The number of hydrogen-bond acceptors (Lipinski definition) is 3. The number of likely N-dealkylation sites (tertiary alicyclic amines) is 1. The zero-order valence-electron chi connectivity index (χ0n) is 19.2. The van der Waals surface area contributed by atoms with Crippen molar-refractivity contribution in [2.45, 2.75) is 45.6 Å².